The largest absolute Gasteiger partial charge is 0.332 e. The van der Waals surface area contributed by atoms with Gasteiger partial charge in [-0.1, -0.05) is 55.8 Å². The first-order valence-corrected chi connectivity index (χ1v) is 9.86. The maximum Gasteiger partial charge on any atom is 0.233 e. The van der Waals surface area contributed by atoms with E-state index in [1.54, 1.807) is 0 Å². The van der Waals surface area contributed by atoms with E-state index in [9.17, 15) is 4.79 Å². The van der Waals surface area contributed by atoms with Gasteiger partial charge in [0.1, 0.15) is 0 Å². The molecule has 0 aliphatic rings. The molecule has 0 heterocycles. The van der Waals surface area contributed by atoms with E-state index in [4.69, 9.17) is 12.2 Å². The van der Waals surface area contributed by atoms with E-state index in [-0.39, 0.29) is 11.8 Å². The van der Waals surface area contributed by atoms with Gasteiger partial charge in [-0.15, -0.1) is 0 Å². The monoisotopic (exact) mass is 382 g/mol. The topological polar surface area (TPSA) is 41.1 Å². The molecule has 0 aliphatic carbocycles. The highest BCUT2D eigenvalue weighted by molar-refractivity contribution is 7.80. The number of nitrogens with one attached hydrogen (secondary N) is 2. The Balaban J connectivity index is 2.00. The normalized spacial score (nSPS) is 12.0. The molecule has 1 atom stereocenters. The first-order valence-electron chi connectivity index (χ1n) is 9.46. The summed E-state index contributed by atoms with van der Waals surface area (Å²) in [5, 5.41) is 6.33. The molecule has 0 fully saturated rings. The Kier molecular flexibility index (Phi) is 7.14. The predicted molar refractivity (Wildman–Crippen MR) is 118 cm³/mol. The van der Waals surface area contributed by atoms with Gasteiger partial charge in [0, 0.05) is 5.69 Å². The Bertz CT molecular complexity index is 802. The van der Waals surface area contributed by atoms with Crippen LogP contribution in [0.2, 0.25) is 0 Å². The van der Waals surface area contributed by atoms with Crippen molar-refractivity contribution >= 4 is 28.9 Å². The molecule has 0 radical (unpaired) electrons. The molecular weight excluding hydrogens is 352 g/mol. The molecule has 4 heteroatoms. The molecule has 0 aliphatic heterocycles. The lowest BCUT2D eigenvalue weighted by molar-refractivity contribution is -0.120. The summed E-state index contributed by atoms with van der Waals surface area (Å²) in [6.07, 6.45) is 1.05. The molecule has 2 aromatic rings. The quantitative estimate of drug-likeness (QED) is 0.678. The van der Waals surface area contributed by atoms with Crippen LogP contribution in [0.1, 0.15) is 54.5 Å². The smallest absolute Gasteiger partial charge is 0.233 e. The number of hydrogen-bond donors (Lipinski definition) is 2. The molecule has 0 saturated heterocycles. The van der Waals surface area contributed by atoms with Crippen molar-refractivity contribution in [2.24, 2.45) is 5.92 Å². The molecule has 0 bridgehead atoms. The van der Waals surface area contributed by atoms with Gasteiger partial charge in [0.25, 0.3) is 0 Å². The van der Waals surface area contributed by atoms with E-state index in [1.807, 2.05) is 32.9 Å². The third-order valence-corrected chi connectivity index (χ3v) is 4.87. The first kappa shape index (κ1) is 21.1. The number of thiocarbonyl (C=S) groups is 1. The molecule has 144 valence electrons. The van der Waals surface area contributed by atoms with Gasteiger partial charge in [0.2, 0.25) is 5.91 Å². The van der Waals surface area contributed by atoms with Gasteiger partial charge in [-0.25, -0.2) is 0 Å². The summed E-state index contributed by atoms with van der Waals surface area (Å²) in [6.45, 7) is 12.4. The molecular formula is C23H30N2OS. The van der Waals surface area contributed by atoms with Crippen LogP contribution in [0.3, 0.4) is 0 Å². The lowest BCUT2D eigenvalue weighted by atomic mass is 9.96. The summed E-state index contributed by atoms with van der Waals surface area (Å²) in [6, 6.07) is 12.5. The van der Waals surface area contributed by atoms with Crippen LogP contribution < -0.4 is 10.6 Å². The average molecular weight is 383 g/mol. The van der Waals surface area contributed by atoms with Crippen molar-refractivity contribution in [3.63, 3.8) is 0 Å². The molecule has 1 amide bonds. The fourth-order valence-corrected chi connectivity index (χ4v) is 3.51. The molecule has 2 N–H and O–H groups in total. The zero-order chi connectivity index (χ0) is 20.1. The highest BCUT2D eigenvalue weighted by Crippen LogP contribution is 2.22. The van der Waals surface area contributed by atoms with Crippen molar-refractivity contribution < 1.29 is 4.79 Å². The van der Waals surface area contributed by atoms with Crippen molar-refractivity contribution in [2.45, 2.75) is 53.9 Å². The third-order valence-electron chi connectivity index (χ3n) is 4.67. The number of benzene rings is 2. The summed E-state index contributed by atoms with van der Waals surface area (Å²) in [5.41, 5.74) is 6.67. The summed E-state index contributed by atoms with van der Waals surface area (Å²) >= 11 is 5.36. The van der Waals surface area contributed by atoms with Gasteiger partial charge in [0.05, 0.1) is 5.92 Å². The Morgan fingerprint density at radius 3 is 2.07 bits per heavy atom. The second kappa shape index (κ2) is 9.14. The number of rotatable bonds is 5. The highest BCUT2D eigenvalue weighted by atomic mass is 32.1. The Labute approximate surface area is 168 Å². The van der Waals surface area contributed by atoms with Crippen LogP contribution in [-0.2, 0) is 11.2 Å². The van der Waals surface area contributed by atoms with Gasteiger partial charge in [0.15, 0.2) is 5.11 Å². The van der Waals surface area contributed by atoms with Crippen molar-refractivity contribution in [3.8, 4) is 0 Å². The number of carbonyl (C=O) groups is 1. The Hall–Kier alpha value is -2.20. The lowest BCUT2D eigenvalue weighted by Crippen LogP contribution is -2.37. The van der Waals surface area contributed by atoms with E-state index < -0.39 is 0 Å². The average Bonchev–Trinajstić information content (AvgIpc) is 2.57. The van der Waals surface area contributed by atoms with Gasteiger partial charge >= 0.3 is 0 Å². The highest BCUT2D eigenvalue weighted by Gasteiger charge is 2.17. The van der Waals surface area contributed by atoms with Crippen molar-refractivity contribution in [1.29, 1.82) is 0 Å². The minimum Gasteiger partial charge on any atom is -0.332 e. The van der Waals surface area contributed by atoms with Crippen LogP contribution in [0.4, 0.5) is 5.69 Å². The van der Waals surface area contributed by atoms with E-state index in [0.29, 0.717) is 11.0 Å². The fourth-order valence-electron chi connectivity index (χ4n) is 3.31. The standard InChI is InChI=1S/C23H30N2OS/c1-14(2)11-19-7-9-20(10-8-19)18(6)22(26)25-23(27)24-21-16(4)12-15(3)13-17(21)5/h7-10,12-14,18H,11H2,1-6H3,(H2,24,25,26,27). The van der Waals surface area contributed by atoms with Crippen LogP contribution in [0.15, 0.2) is 36.4 Å². The molecule has 0 spiro atoms. The first-order chi connectivity index (χ1) is 12.7. The second-order valence-electron chi connectivity index (χ2n) is 7.78. The molecule has 27 heavy (non-hydrogen) atoms. The summed E-state index contributed by atoms with van der Waals surface area (Å²) in [4.78, 5) is 12.6. The summed E-state index contributed by atoms with van der Waals surface area (Å²) in [7, 11) is 0. The van der Waals surface area contributed by atoms with Crippen LogP contribution in [-0.4, -0.2) is 11.0 Å². The zero-order valence-electron chi connectivity index (χ0n) is 17.1. The van der Waals surface area contributed by atoms with Crippen LogP contribution in [0, 0.1) is 26.7 Å². The molecule has 2 rings (SSSR count). The van der Waals surface area contributed by atoms with Gasteiger partial charge < -0.3 is 10.6 Å². The number of amides is 1. The molecule has 1 unspecified atom stereocenters. The van der Waals surface area contributed by atoms with E-state index in [0.717, 1.165) is 28.8 Å². The summed E-state index contributed by atoms with van der Waals surface area (Å²) in [5.74, 6) is 0.248. The maximum absolute atomic E-state index is 12.6. The minimum atomic E-state index is -0.266. The molecule has 3 nitrogen and oxygen atoms in total. The lowest BCUT2D eigenvalue weighted by Gasteiger charge is -2.17. The molecule has 2 aromatic carbocycles. The minimum absolute atomic E-state index is 0.105. The second-order valence-corrected chi connectivity index (χ2v) is 8.19. The van der Waals surface area contributed by atoms with Crippen molar-refractivity contribution in [3.05, 3.63) is 64.2 Å². The van der Waals surface area contributed by atoms with Crippen LogP contribution in [0.5, 0.6) is 0 Å². The van der Waals surface area contributed by atoms with Crippen LogP contribution in [0.25, 0.3) is 0 Å². The van der Waals surface area contributed by atoms with Gasteiger partial charge in [-0.3, -0.25) is 4.79 Å². The zero-order valence-corrected chi connectivity index (χ0v) is 18.0. The van der Waals surface area contributed by atoms with Crippen molar-refractivity contribution in [1.82, 2.24) is 5.32 Å². The number of aryl methyl sites for hydroxylation is 3. The van der Waals surface area contributed by atoms with Gasteiger partial charge in [-0.05, 0) is 74.5 Å². The molecule has 0 saturated carbocycles. The third kappa shape index (κ3) is 5.90. The fraction of sp³-hybridized carbons (Fsp3) is 0.391. The van der Waals surface area contributed by atoms with E-state index in [2.05, 4.69) is 55.7 Å². The maximum atomic E-state index is 12.6. The molecule has 0 aromatic heterocycles. The van der Waals surface area contributed by atoms with Crippen LogP contribution >= 0.6 is 12.2 Å². The number of hydrogen-bond acceptors (Lipinski definition) is 2. The number of carbonyl (C=O) groups excluding carboxylic acids is 1. The summed E-state index contributed by atoms with van der Waals surface area (Å²) < 4.78 is 0. The Morgan fingerprint density at radius 1 is 1.00 bits per heavy atom. The van der Waals surface area contributed by atoms with Gasteiger partial charge in [-0.2, -0.15) is 0 Å². The Morgan fingerprint density at radius 2 is 1.56 bits per heavy atom. The SMILES string of the molecule is Cc1cc(C)c(NC(=S)NC(=O)C(C)c2ccc(CC(C)C)cc2)c(C)c1. The van der Waals surface area contributed by atoms with E-state index >= 15 is 0 Å². The number of anilines is 1. The predicted octanol–water partition coefficient (Wildman–Crippen LogP) is 5.43. The van der Waals surface area contributed by atoms with Crippen molar-refractivity contribution in [2.75, 3.05) is 5.32 Å². The van der Waals surface area contributed by atoms with E-state index in [1.165, 1.54) is 11.1 Å².